The number of carbonyl (C=O) groups is 1. The number of carbonyl (C=O) groups excluding carboxylic acids is 1. The number of thiol groups is 1. The van der Waals surface area contributed by atoms with Gasteiger partial charge in [-0.3, -0.25) is 0 Å². The van der Waals surface area contributed by atoms with Gasteiger partial charge in [0.1, 0.15) is 18.3 Å². The molecule has 9 nitrogen and oxygen atoms in total. The number of aliphatic hydroxyl groups excluding tert-OH is 4. The number of hydrogen-bond acceptors (Lipinski definition) is 10. The summed E-state index contributed by atoms with van der Waals surface area (Å²) < 4.78 is 5.45. The third-order valence-corrected chi connectivity index (χ3v) is 4.27. The van der Waals surface area contributed by atoms with Crippen molar-refractivity contribution in [1.29, 1.82) is 0 Å². The first-order valence-corrected chi connectivity index (χ1v) is 7.93. The lowest BCUT2D eigenvalue weighted by molar-refractivity contribution is -0.230. The monoisotopic (exact) mass is 354 g/mol. The van der Waals surface area contributed by atoms with Gasteiger partial charge < -0.3 is 35.7 Å². The van der Waals surface area contributed by atoms with Crippen LogP contribution in [0.3, 0.4) is 0 Å². The highest BCUT2D eigenvalue weighted by molar-refractivity contribution is 7.82. The van der Waals surface area contributed by atoms with Crippen LogP contribution in [-0.2, 0) is 14.4 Å². The Hall–Kier alpha value is -0.460. The fourth-order valence-electron chi connectivity index (χ4n) is 2.29. The summed E-state index contributed by atoms with van der Waals surface area (Å²) in [4.78, 5) is 15.6. The van der Waals surface area contributed by atoms with E-state index in [0.717, 1.165) is 0 Å². The van der Waals surface area contributed by atoms with E-state index in [9.17, 15) is 20.1 Å². The largest absolute Gasteiger partial charge is 0.394 e. The van der Waals surface area contributed by atoms with Gasteiger partial charge in [0.2, 0.25) is 4.93 Å². The minimum Gasteiger partial charge on any atom is -0.394 e. The second-order valence-corrected chi connectivity index (χ2v) is 6.17. The molecule has 1 aliphatic rings. The molecule has 0 aliphatic carbocycles. The molecule has 1 rings (SSSR count). The second kappa shape index (κ2) is 8.58. The van der Waals surface area contributed by atoms with Crippen LogP contribution in [0.25, 0.3) is 0 Å². The molecule has 0 unspecified atom stereocenters. The molecule has 0 aromatic carbocycles. The van der Waals surface area contributed by atoms with E-state index in [1.807, 2.05) is 0 Å². The van der Waals surface area contributed by atoms with Crippen molar-refractivity contribution >= 4 is 18.6 Å². The van der Waals surface area contributed by atoms with Crippen LogP contribution in [0.5, 0.6) is 0 Å². The molecule has 0 bridgehead atoms. The molecule has 6 N–H and O–H groups in total. The lowest BCUT2D eigenvalue weighted by Crippen LogP contribution is -2.64. The van der Waals surface area contributed by atoms with Gasteiger partial charge in [0.15, 0.2) is 0 Å². The smallest absolute Gasteiger partial charge is 0.367 e. The lowest BCUT2D eigenvalue weighted by Gasteiger charge is -2.44. The number of aliphatic hydroxyl groups is 4. The highest BCUT2D eigenvalue weighted by Gasteiger charge is 2.52. The van der Waals surface area contributed by atoms with E-state index in [1.54, 1.807) is 13.8 Å². The van der Waals surface area contributed by atoms with Gasteiger partial charge in [-0.1, -0.05) is 0 Å². The van der Waals surface area contributed by atoms with Crippen molar-refractivity contribution in [3.8, 4) is 0 Å². The van der Waals surface area contributed by atoms with Crippen LogP contribution in [0.4, 0.5) is 0 Å². The van der Waals surface area contributed by atoms with Gasteiger partial charge in [0.05, 0.1) is 18.8 Å². The molecular formula is C13H26N2O7S. The van der Waals surface area contributed by atoms with E-state index in [1.165, 1.54) is 5.06 Å². The number of nitrogens with zero attached hydrogens (tertiary/aromatic N) is 1. The van der Waals surface area contributed by atoms with Crippen molar-refractivity contribution in [3.05, 3.63) is 0 Å². The first-order valence-electron chi connectivity index (χ1n) is 7.48. The van der Waals surface area contributed by atoms with Crippen LogP contribution in [0.2, 0.25) is 0 Å². The van der Waals surface area contributed by atoms with Crippen molar-refractivity contribution < 1.29 is 34.8 Å². The average Bonchev–Trinajstić information content (AvgIpc) is 2.54. The van der Waals surface area contributed by atoms with Crippen LogP contribution in [-0.4, -0.2) is 86.5 Å². The van der Waals surface area contributed by atoms with Crippen molar-refractivity contribution in [2.45, 2.75) is 55.7 Å². The molecule has 0 radical (unpaired) electrons. The molecule has 0 amide bonds. The van der Waals surface area contributed by atoms with Crippen molar-refractivity contribution in [2.24, 2.45) is 5.73 Å². The Morgan fingerprint density at radius 3 is 2.52 bits per heavy atom. The molecule has 0 aromatic heterocycles. The number of rotatable bonds is 7. The van der Waals surface area contributed by atoms with E-state index in [-0.39, 0.29) is 6.42 Å². The molecule has 1 saturated heterocycles. The van der Waals surface area contributed by atoms with Crippen LogP contribution in [0.1, 0.15) is 20.3 Å². The van der Waals surface area contributed by atoms with Crippen molar-refractivity contribution in [2.75, 3.05) is 19.7 Å². The Balaban J connectivity index is 2.92. The molecule has 0 aromatic rings. The Bertz CT molecular complexity index is 399. The van der Waals surface area contributed by atoms with E-state index in [2.05, 4.69) is 12.6 Å². The summed E-state index contributed by atoms with van der Waals surface area (Å²) in [6, 6.07) is -1.06. The molecule has 1 fully saturated rings. The minimum atomic E-state index is -1.83. The molecule has 10 heteroatoms. The predicted molar refractivity (Wildman–Crippen MR) is 83.3 cm³/mol. The highest BCUT2D eigenvalue weighted by Crippen LogP contribution is 2.35. The van der Waals surface area contributed by atoms with E-state index in [4.69, 9.17) is 20.4 Å². The van der Waals surface area contributed by atoms with Crippen molar-refractivity contribution in [1.82, 2.24) is 5.06 Å². The van der Waals surface area contributed by atoms with Gasteiger partial charge in [0, 0.05) is 19.5 Å². The summed E-state index contributed by atoms with van der Waals surface area (Å²) in [5, 5.41) is 39.9. The Morgan fingerprint density at radius 2 is 2.04 bits per heavy atom. The van der Waals surface area contributed by atoms with E-state index in [0.29, 0.717) is 13.1 Å². The minimum absolute atomic E-state index is 0.240. The lowest BCUT2D eigenvalue weighted by atomic mass is 9.90. The van der Waals surface area contributed by atoms with Gasteiger partial charge in [-0.05, 0) is 13.8 Å². The average molecular weight is 354 g/mol. The van der Waals surface area contributed by atoms with Crippen LogP contribution >= 0.6 is 12.6 Å². The molecule has 0 saturated carbocycles. The first-order chi connectivity index (χ1) is 10.7. The Morgan fingerprint density at radius 1 is 1.48 bits per heavy atom. The maximum absolute atomic E-state index is 12.3. The predicted octanol–water partition coefficient (Wildman–Crippen LogP) is -2.40. The van der Waals surface area contributed by atoms with Crippen LogP contribution in [0.15, 0.2) is 0 Å². The third kappa shape index (κ3) is 4.77. The molecular weight excluding hydrogens is 328 g/mol. The van der Waals surface area contributed by atoms with Gasteiger partial charge in [-0.2, -0.15) is 0 Å². The second-order valence-electron chi connectivity index (χ2n) is 5.45. The molecule has 23 heavy (non-hydrogen) atoms. The Labute approximate surface area is 140 Å². The molecule has 6 atom stereocenters. The molecule has 136 valence electrons. The zero-order valence-corrected chi connectivity index (χ0v) is 14.1. The Kier molecular flexibility index (Phi) is 7.68. The molecule has 0 spiro atoms. The van der Waals surface area contributed by atoms with Gasteiger partial charge in [0.25, 0.3) is 0 Å². The van der Waals surface area contributed by atoms with Gasteiger partial charge in [-0.25, -0.2) is 4.79 Å². The fourth-order valence-corrected chi connectivity index (χ4v) is 2.64. The third-order valence-electron chi connectivity index (χ3n) is 3.79. The number of hydroxylamine groups is 2. The summed E-state index contributed by atoms with van der Waals surface area (Å²) in [6.07, 6.45) is -5.89. The van der Waals surface area contributed by atoms with E-state index >= 15 is 0 Å². The highest BCUT2D eigenvalue weighted by atomic mass is 32.1. The zero-order chi connectivity index (χ0) is 17.8. The summed E-state index contributed by atoms with van der Waals surface area (Å²) in [5.41, 5.74) is 5.77. The first kappa shape index (κ1) is 20.6. The normalized spacial score (nSPS) is 34.2. The van der Waals surface area contributed by atoms with E-state index < -0.39 is 48.0 Å². The molecule has 1 aliphatic heterocycles. The zero-order valence-electron chi connectivity index (χ0n) is 13.2. The summed E-state index contributed by atoms with van der Waals surface area (Å²) in [7, 11) is 0. The standard InChI is InChI=1S/C13H26N2O7S/c1-3-15(4-2)22-12(20)13(23)5-7(17)9(14)11(21-13)10(19)8(18)6-16/h7-11,16-19,23H,3-6,14H2,1-2H3/t7-,8+,9+,10+,11+,13-/m0/s1. The quantitative estimate of drug-likeness (QED) is 0.218. The number of ether oxygens (including phenoxy) is 1. The topological polar surface area (TPSA) is 146 Å². The van der Waals surface area contributed by atoms with Gasteiger partial charge in [-0.15, -0.1) is 17.7 Å². The maximum Gasteiger partial charge on any atom is 0.367 e. The summed E-state index contributed by atoms with van der Waals surface area (Å²) in [6.45, 7) is 3.75. The van der Waals surface area contributed by atoms with Crippen LogP contribution < -0.4 is 5.73 Å². The number of hydrogen-bond donors (Lipinski definition) is 6. The van der Waals surface area contributed by atoms with Crippen molar-refractivity contribution in [3.63, 3.8) is 0 Å². The SMILES string of the molecule is CCN(CC)OC(=O)[C@@]1(S)C[C@H](O)[C@@H](N)[C@H]([C@H](O)[C@H](O)CO)O1. The maximum atomic E-state index is 12.3. The number of nitrogens with two attached hydrogens (primary N) is 1. The fraction of sp³-hybridized carbons (Fsp3) is 0.923. The summed E-state index contributed by atoms with van der Waals surface area (Å²) in [5.74, 6) is -0.855. The van der Waals surface area contributed by atoms with Crippen LogP contribution in [0, 0.1) is 0 Å². The molecule has 1 heterocycles. The summed E-state index contributed by atoms with van der Waals surface area (Å²) >= 11 is 4.15. The van der Waals surface area contributed by atoms with Gasteiger partial charge >= 0.3 is 5.97 Å².